The average molecular weight is 347 g/mol. The summed E-state index contributed by atoms with van der Waals surface area (Å²) in [5.41, 5.74) is 1.35. The molecule has 1 aromatic heterocycles. The quantitative estimate of drug-likeness (QED) is 0.855. The van der Waals surface area contributed by atoms with Gasteiger partial charge in [0.25, 0.3) is 5.91 Å². The van der Waals surface area contributed by atoms with Crippen LogP contribution in [-0.4, -0.2) is 37.7 Å². The van der Waals surface area contributed by atoms with E-state index in [2.05, 4.69) is 5.32 Å². The van der Waals surface area contributed by atoms with Gasteiger partial charge >= 0.3 is 0 Å². The Balaban J connectivity index is 1.71. The molecule has 6 nitrogen and oxygen atoms in total. The number of hydrogen-bond acceptors (Lipinski definition) is 5. The predicted molar refractivity (Wildman–Crippen MR) is 88.7 cm³/mol. The van der Waals surface area contributed by atoms with Crippen LogP contribution < -0.4 is 5.32 Å². The van der Waals surface area contributed by atoms with Gasteiger partial charge in [-0.1, -0.05) is 24.3 Å². The van der Waals surface area contributed by atoms with Crippen LogP contribution in [0.2, 0.25) is 0 Å². The number of nitrogens with one attached hydrogen (secondary N) is 1. The summed E-state index contributed by atoms with van der Waals surface area (Å²) in [6.45, 7) is 1.49. The average Bonchev–Trinajstić information content (AvgIpc) is 3.14. The normalized spacial score (nSPS) is 19.1. The van der Waals surface area contributed by atoms with Crippen molar-refractivity contribution < 1.29 is 22.4 Å². The molecule has 2 aromatic rings. The van der Waals surface area contributed by atoms with E-state index in [1.807, 2.05) is 0 Å². The highest BCUT2D eigenvalue weighted by Crippen LogP contribution is 2.23. The molecule has 24 heavy (non-hydrogen) atoms. The molecule has 1 saturated heterocycles. The van der Waals surface area contributed by atoms with Crippen molar-refractivity contribution in [3.8, 4) is 11.3 Å². The number of benzene rings is 1. The van der Waals surface area contributed by atoms with Crippen molar-refractivity contribution in [3.63, 3.8) is 0 Å². The van der Waals surface area contributed by atoms with Gasteiger partial charge in [0.15, 0.2) is 21.4 Å². The van der Waals surface area contributed by atoms with Gasteiger partial charge in [0, 0.05) is 17.2 Å². The summed E-state index contributed by atoms with van der Waals surface area (Å²) in [5.74, 6) is 0.262. The molecule has 1 aliphatic heterocycles. The van der Waals surface area contributed by atoms with E-state index in [9.17, 15) is 18.0 Å². The Morgan fingerprint density at radius 3 is 2.42 bits per heavy atom. The second-order valence-corrected chi connectivity index (χ2v) is 8.10. The molecular weight excluding hydrogens is 330 g/mol. The maximum Gasteiger partial charge on any atom is 0.287 e. The van der Waals surface area contributed by atoms with E-state index in [0.29, 0.717) is 17.7 Å². The van der Waals surface area contributed by atoms with E-state index in [-0.39, 0.29) is 29.1 Å². The van der Waals surface area contributed by atoms with Crippen molar-refractivity contribution in [2.45, 2.75) is 19.4 Å². The summed E-state index contributed by atoms with van der Waals surface area (Å²) in [7, 11) is -3.05. The highest BCUT2D eigenvalue weighted by atomic mass is 32.2. The van der Waals surface area contributed by atoms with Gasteiger partial charge in [-0.2, -0.15) is 0 Å². The first-order chi connectivity index (χ1) is 11.3. The third-order valence-corrected chi connectivity index (χ3v) is 5.74. The molecule has 0 spiro atoms. The number of Topliss-reactive ketones (excluding diaryl/α,β-unsaturated/α-hetero) is 1. The summed E-state index contributed by atoms with van der Waals surface area (Å²) < 4.78 is 28.4. The topological polar surface area (TPSA) is 93.5 Å². The molecule has 0 unspecified atom stereocenters. The van der Waals surface area contributed by atoms with Gasteiger partial charge < -0.3 is 9.73 Å². The van der Waals surface area contributed by atoms with Crippen molar-refractivity contribution in [1.29, 1.82) is 0 Å². The SMILES string of the molecule is CC(=O)c1ccc(-c2ccc(C(=O)N[C@@H]3CCS(=O)(=O)C3)o2)cc1. The van der Waals surface area contributed by atoms with Gasteiger partial charge in [-0.3, -0.25) is 9.59 Å². The summed E-state index contributed by atoms with van der Waals surface area (Å²) in [4.78, 5) is 23.4. The summed E-state index contributed by atoms with van der Waals surface area (Å²) in [5, 5.41) is 2.68. The van der Waals surface area contributed by atoms with Crippen LogP contribution in [0.5, 0.6) is 0 Å². The van der Waals surface area contributed by atoms with Crippen LogP contribution in [0.4, 0.5) is 0 Å². The van der Waals surface area contributed by atoms with Crippen molar-refractivity contribution >= 4 is 21.5 Å². The molecule has 1 aliphatic rings. The molecule has 0 radical (unpaired) electrons. The third kappa shape index (κ3) is 3.56. The van der Waals surface area contributed by atoms with E-state index in [1.165, 1.54) is 6.92 Å². The molecule has 7 heteroatoms. The zero-order chi connectivity index (χ0) is 17.3. The number of hydrogen-bond donors (Lipinski definition) is 1. The molecule has 1 atom stereocenters. The third-order valence-electron chi connectivity index (χ3n) is 3.97. The molecule has 0 aliphatic carbocycles. The van der Waals surface area contributed by atoms with Crippen LogP contribution in [0.3, 0.4) is 0 Å². The molecule has 1 fully saturated rings. The lowest BCUT2D eigenvalue weighted by molar-refractivity contribution is 0.0913. The second kappa shape index (κ2) is 6.24. The van der Waals surface area contributed by atoms with Crippen LogP contribution in [0, 0.1) is 0 Å². The van der Waals surface area contributed by atoms with E-state index in [0.717, 1.165) is 5.56 Å². The summed E-state index contributed by atoms with van der Waals surface area (Å²) >= 11 is 0. The fourth-order valence-electron chi connectivity index (χ4n) is 2.65. The maximum absolute atomic E-state index is 12.2. The molecule has 0 saturated carbocycles. The summed E-state index contributed by atoms with van der Waals surface area (Å²) in [6, 6.07) is 9.75. The first kappa shape index (κ1) is 16.4. The largest absolute Gasteiger partial charge is 0.451 e. The van der Waals surface area contributed by atoms with Gasteiger partial charge in [0.1, 0.15) is 5.76 Å². The van der Waals surface area contributed by atoms with Gasteiger partial charge in [-0.05, 0) is 25.5 Å². The van der Waals surface area contributed by atoms with E-state index in [1.54, 1.807) is 36.4 Å². The number of carbonyl (C=O) groups is 2. The minimum Gasteiger partial charge on any atom is -0.451 e. The first-order valence-corrected chi connectivity index (χ1v) is 9.39. The molecule has 2 heterocycles. The fourth-order valence-corrected chi connectivity index (χ4v) is 4.32. The summed E-state index contributed by atoms with van der Waals surface area (Å²) in [6.07, 6.45) is 0.425. The Morgan fingerprint density at radius 2 is 1.83 bits per heavy atom. The van der Waals surface area contributed by atoms with E-state index in [4.69, 9.17) is 4.42 Å². The second-order valence-electron chi connectivity index (χ2n) is 5.87. The zero-order valence-corrected chi connectivity index (χ0v) is 13.9. The zero-order valence-electron chi connectivity index (χ0n) is 13.1. The highest BCUT2D eigenvalue weighted by molar-refractivity contribution is 7.91. The Hall–Kier alpha value is -2.41. The molecule has 1 amide bonds. The lowest BCUT2D eigenvalue weighted by atomic mass is 10.1. The Labute approximate surface area is 139 Å². The number of sulfone groups is 1. The molecular formula is C17H17NO5S. The van der Waals surface area contributed by atoms with E-state index < -0.39 is 15.7 Å². The number of amides is 1. The molecule has 3 rings (SSSR count). The van der Waals surface area contributed by atoms with Crippen LogP contribution in [0.15, 0.2) is 40.8 Å². The number of rotatable bonds is 4. The molecule has 1 N–H and O–H groups in total. The van der Waals surface area contributed by atoms with Crippen molar-refractivity contribution in [2.75, 3.05) is 11.5 Å². The lowest BCUT2D eigenvalue weighted by Crippen LogP contribution is -2.35. The van der Waals surface area contributed by atoms with Crippen molar-refractivity contribution in [1.82, 2.24) is 5.32 Å². The van der Waals surface area contributed by atoms with Crippen LogP contribution in [-0.2, 0) is 9.84 Å². The van der Waals surface area contributed by atoms with Crippen LogP contribution in [0.1, 0.15) is 34.3 Å². The maximum atomic E-state index is 12.2. The monoisotopic (exact) mass is 347 g/mol. The van der Waals surface area contributed by atoms with Gasteiger partial charge in [-0.25, -0.2) is 8.42 Å². The molecule has 126 valence electrons. The minimum absolute atomic E-state index is 0.0208. The van der Waals surface area contributed by atoms with Gasteiger partial charge in [0.2, 0.25) is 0 Å². The minimum atomic E-state index is -3.05. The first-order valence-electron chi connectivity index (χ1n) is 7.56. The fraction of sp³-hybridized carbons (Fsp3) is 0.294. The number of ketones is 1. The van der Waals surface area contributed by atoms with Crippen molar-refractivity contribution in [3.05, 3.63) is 47.7 Å². The Bertz CT molecular complexity index is 880. The van der Waals surface area contributed by atoms with Crippen molar-refractivity contribution in [2.24, 2.45) is 0 Å². The highest BCUT2D eigenvalue weighted by Gasteiger charge is 2.29. The number of carbonyl (C=O) groups excluding carboxylic acids is 2. The van der Waals surface area contributed by atoms with Gasteiger partial charge in [0.05, 0.1) is 11.5 Å². The van der Waals surface area contributed by atoms with Gasteiger partial charge in [-0.15, -0.1) is 0 Å². The Kier molecular flexibility index (Phi) is 4.28. The molecule has 1 aromatic carbocycles. The Morgan fingerprint density at radius 1 is 1.12 bits per heavy atom. The smallest absolute Gasteiger partial charge is 0.287 e. The predicted octanol–water partition coefficient (Wildman–Crippen LogP) is 2.07. The standard InChI is InChI=1S/C17H17NO5S/c1-11(19)12-2-4-13(5-3-12)15-6-7-16(23-15)17(20)18-14-8-9-24(21,22)10-14/h2-7,14H,8-10H2,1H3,(H,18,20)/t14-/m1/s1. The lowest BCUT2D eigenvalue weighted by Gasteiger charge is -2.08. The van der Waals surface area contributed by atoms with Crippen LogP contribution in [0.25, 0.3) is 11.3 Å². The number of furan rings is 1. The molecule has 0 bridgehead atoms. The van der Waals surface area contributed by atoms with Crippen LogP contribution >= 0.6 is 0 Å². The van der Waals surface area contributed by atoms with E-state index >= 15 is 0 Å².